The lowest BCUT2D eigenvalue weighted by Gasteiger charge is -2.28. The minimum atomic E-state index is -0.349. The molecule has 9 heteroatoms. The predicted molar refractivity (Wildman–Crippen MR) is 146 cm³/mol. The lowest BCUT2D eigenvalue weighted by Crippen LogP contribution is -2.43. The third-order valence-corrected chi connectivity index (χ3v) is 6.95. The number of nitrogens with one attached hydrogen (secondary N) is 3. The smallest absolute Gasteiger partial charge is 0.163 e. The number of aliphatic hydroxyl groups is 1. The van der Waals surface area contributed by atoms with E-state index in [0.29, 0.717) is 25.6 Å². The number of nitrogens with zero attached hydrogens (tertiary/aromatic N) is 4. The van der Waals surface area contributed by atoms with Crippen LogP contribution in [0.25, 0.3) is 16.9 Å². The van der Waals surface area contributed by atoms with Crippen molar-refractivity contribution in [2.24, 2.45) is 5.92 Å². The number of hydrogen-bond acceptors (Lipinski definition) is 8. The average molecular weight is 502 g/mol. The second-order valence-corrected chi connectivity index (χ2v) is 9.82. The molecule has 0 saturated carbocycles. The zero-order chi connectivity index (χ0) is 25.8. The summed E-state index contributed by atoms with van der Waals surface area (Å²) >= 11 is 0. The molecule has 4 heterocycles. The first-order chi connectivity index (χ1) is 18.0. The number of fused-ring (bicyclic) bond motifs is 1. The number of aromatic nitrogens is 4. The van der Waals surface area contributed by atoms with E-state index in [2.05, 4.69) is 64.1 Å². The molecule has 9 nitrogen and oxygen atoms in total. The molecule has 0 unspecified atom stereocenters. The van der Waals surface area contributed by atoms with Gasteiger partial charge in [-0.25, -0.2) is 4.98 Å². The van der Waals surface area contributed by atoms with Gasteiger partial charge in [-0.1, -0.05) is 38.1 Å². The first-order valence-electron chi connectivity index (χ1n) is 12.9. The van der Waals surface area contributed by atoms with Gasteiger partial charge in [-0.15, -0.1) is 0 Å². The Bertz CT molecular complexity index is 1340. The Morgan fingerprint density at radius 1 is 1.19 bits per heavy atom. The predicted octanol–water partition coefficient (Wildman–Crippen LogP) is 3.92. The molecule has 0 amide bonds. The number of rotatable bonds is 9. The van der Waals surface area contributed by atoms with Crippen LogP contribution in [0, 0.1) is 5.92 Å². The maximum atomic E-state index is 10.3. The third kappa shape index (κ3) is 5.52. The Labute approximate surface area is 217 Å². The van der Waals surface area contributed by atoms with Gasteiger partial charge in [0.2, 0.25) is 0 Å². The second kappa shape index (κ2) is 11.1. The van der Waals surface area contributed by atoms with Crippen LogP contribution < -0.4 is 20.7 Å². The van der Waals surface area contributed by atoms with Crippen molar-refractivity contribution < 1.29 is 9.84 Å². The summed E-state index contributed by atoms with van der Waals surface area (Å²) in [6.45, 7) is 7.16. The lowest BCUT2D eigenvalue weighted by atomic mass is 9.95. The summed E-state index contributed by atoms with van der Waals surface area (Å²) in [5.74, 6) is 2.89. The molecule has 1 saturated heterocycles. The molecule has 1 fully saturated rings. The van der Waals surface area contributed by atoms with Gasteiger partial charge in [0.25, 0.3) is 0 Å². The normalized spacial score (nSPS) is 17.8. The van der Waals surface area contributed by atoms with Gasteiger partial charge in [0, 0.05) is 48.9 Å². The minimum Gasteiger partial charge on any atom is -0.494 e. The van der Waals surface area contributed by atoms with Gasteiger partial charge in [0.15, 0.2) is 5.65 Å². The molecule has 0 aliphatic carbocycles. The van der Waals surface area contributed by atoms with Crippen molar-refractivity contribution in [1.82, 2.24) is 24.9 Å². The maximum Gasteiger partial charge on any atom is 0.163 e. The van der Waals surface area contributed by atoms with Crippen molar-refractivity contribution in [2.45, 2.75) is 38.8 Å². The summed E-state index contributed by atoms with van der Waals surface area (Å²) in [4.78, 5) is 9.35. The molecular weight excluding hydrogens is 466 g/mol. The number of anilines is 2. The maximum absolute atomic E-state index is 10.3. The van der Waals surface area contributed by atoms with Gasteiger partial charge in [0.05, 0.1) is 19.4 Å². The van der Waals surface area contributed by atoms with E-state index >= 15 is 0 Å². The fraction of sp³-hybridized carbons (Fsp3) is 0.393. The molecule has 4 aromatic rings. The molecular formula is C28H35N7O2. The van der Waals surface area contributed by atoms with Gasteiger partial charge in [-0.05, 0) is 36.6 Å². The van der Waals surface area contributed by atoms with E-state index in [1.807, 2.05) is 28.9 Å². The number of ether oxygens (including phenoxy) is 1. The number of methoxy groups -OCH3 is 1. The number of benzene rings is 1. The van der Waals surface area contributed by atoms with Crippen LogP contribution in [0.5, 0.6) is 5.75 Å². The van der Waals surface area contributed by atoms with Crippen molar-refractivity contribution in [3.63, 3.8) is 0 Å². The Hall–Kier alpha value is -3.69. The van der Waals surface area contributed by atoms with Crippen LogP contribution >= 0.6 is 0 Å². The van der Waals surface area contributed by atoms with Gasteiger partial charge < -0.3 is 25.8 Å². The van der Waals surface area contributed by atoms with Crippen molar-refractivity contribution in [1.29, 1.82) is 0 Å². The van der Waals surface area contributed by atoms with E-state index < -0.39 is 0 Å². The van der Waals surface area contributed by atoms with E-state index in [4.69, 9.17) is 9.72 Å². The van der Waals surface area contributed by atoms with Gasteiger partial charge in [-0.3, -0.25) is 4.98 Å². The second-order valence-electron chi connectivity index (χ2n) is 9.82. The van der Waals surface area contributed by atoms with E-state index in [1.165, 1.54) is 0 Å². The van der Waals surface area contributed by atoms with Crippen molar-refractivity contribution >= 4 is 17.3 Å². The summed E-state index contributed by atoms with van der Waals surface area (Å²) in [7, 11) is 1.66. The molecule has 3 aromatic heterocycles. The molecule has 0 radical (unpaired) electrons. The molecule has 1 aromatic carbocycles. The van der Waals surface area contributed by atoms with Crippen molar-refractivity contribution in [3.05, 3.63) is 66.0 Å². The molecule has 2 atom stereocenters. The Morgan fingerprint density at radius 3 is 2.78 bits per heavy atom. The molecule has 5 rings (SSSR count). The van der Waals surface area contributed by atoms with E-state index in [9.17, 15) is 5.11 Å². The summed E-state index contributed by atoms with van der Waals surface area (Å²) in [5.41, 5.74) is 4.90. The largest absolute Gasteiger partial charge is 0.494 e. The highest BCUT2D eigenvalue weighted by atomic mass is 16.5. The van der Waals surface area contributed by atoms with Crippen LogP contribution in [-0.2, 0) is 6.54 Å². The molecule has 0 bridgehead atoms. The highest BCUT2D eigenvalue weighted by Gasteiger charge is 2.23. The third-order valence-electron chi connectivity index (χ3n) is 6.95. The summed E-state index contributed by atoms with van der Waals surface area (Å²) in [6, 6.07) is 14.1. The highest BCUT2D eigenvalue weighted by Crippen LogP contribution is 2.28. The first-order valence-corrected chi connectivity index (χ1v) is 12.9. The summed E-state index contributed by atoms with van der Waals surface area (Å²) in [5, 5.41) is 25.2. The van der Waals surface area contributed by atoms with Crippen LogP contribution in [0.4, 0.5) is 11.6 Å². The van der Waals surface area contributed by atoms with E-state index in [0.717, 1.165) is 58.4 Å². The van der Waals surface area contributed by atoms with Gasteiger partial charge >= 0.3 is 0 Å². The average Bonchev–Trinajstić information content (AvgIpc) is 3.36. The number of aliphatic hydroxyl groups excluding tert-OH is 1. The zero-order valence-corrected chi connectivity index (χ0v) is 21.6. The van der Waals surface area contributed by atoms with Crippen molar-refractivity contribution in [2.75, 3.05) is 37.4 Å². The molecule has 1 aliphatic rings. The Morgan fingerprint density at radius 2 is 2.03 bits per heavy atom. The fourth-order valence-corrected chi connectivity index (χ4v) is 4.72. The Balaban J connectivity index is 1.35. The topological polar surface area (TPSA) is 109 Å². The SMILES string of the molecule is COc1cccnc1-c1ccc(CNc2cc(NC[C@H]3CCNC[C@@H]3O)nc3c(C(C)C)cnn23)cc1. The molecule has 4 N–H and O–H groups in total. The number of piperidine rings is 1. The van der Waals surface area contributed by atoms with Crippen molar-refractivity contribution in [3.8, 4) is 17.0 Å². The van der Waals surface area contributed by atoms with E-state index in [1.54, 1.807) is 13.3 Å². The summed E-state index contributed by atoms with van der Waals surface area (Å²) < 4.78 is 7.33. The molecule has 194 valence electrons. The minimum absolute atomic E-state index is 0.196. The lowest BCUT2D eigenvalue weighted by molar-refractivity contribution is 0.0883. The standard InChI is InChI=1S/C28H35N7O2/c1-18(2)22-16-33-35-26(13-25(34-28(22)35)31-15-21-10-12-29-17-23(21)36)32-14-19-6-8-20(9-7-19)27-24(37-3)5-4-11-30-27/h4-9,11,13,16,18,21,23,29,32,36H,10,12,14-15,17H2,1-3H3,(H,31,34)/t21-,23+/m1/s1. The number of hydrogen-bond donors (Lipinski definition) is 4. The monoisotopic (exact) mass is 501 g/mol. The number of β-amino-alcohol motifs (C(OH)–C–C–N with tert-alkyl or cyclic N) is 1. The number of pyridine rings is 1. The first kappa shape index (κ1) is 25.0. The molecule has 37 heavy (non-hydrogen) atoms. The Kier molecular flexibility index (Phi) is 7.52. The highest BCUT2D eigenvalue weighted by molar-refractivity contribution is 5.66. The van der Waals surface area contributed by atoms with Gasteiger partial charge in [0.1, 0.15) is 23.1 Å². The summed E-state index contributed by atoms with van der Waals surface area (Å²) in [6.07, 6.45) is 4.26. The van der Waals surface area contributed by atoms with Crippen LogP contribution in [-0.4, -0.2) is 57.5 Å². The van der Waals surface area contributed by atoms with Crippen LogP contribution in [0.2, 0.25) is 0 Å². The fourth-order valence-electron chi connectivity index (χ4n) is 4.72. The zero-order valence-electron chi connectivity index (χ0n) is 21.6. The van der Waals surface area contributed by atoms with Crippen LogP contribution in [0.1, 0.15) is 37.3 Å². The molecule has 0 spiro atoms. The molecule has 1 aliphatic heterocycles. The van der Waals surface area contributed by atoms with Crippen LogP contribution in [0.15, 0.2) is 54.9 Å². The van der Waals surface area contributed by atoms with E-state index in [-0.39, 0.29) is 12.0 Å². The van der Waals surface area contributed by atoms with Crippen LogP contribution in [0.3, 0.4) is 0 Å². The van der Waals surface area contributed by atoms with Gasteiger partial charge in [-0.2, -0.15) is 9.61 Å². The quantitative estimate of drug-likeness (QED) is 0.273.